The molecule has 0 spiro atoms. The first kappa shape index (κ1) is 76.1. The Bertz CT molecular complexity index is 2340. The summed E-state index contributed by atoms with van der Waals surface area (Å²) in [7, 11) is 11.6. The number of methoxy groups -OCH3 is 9. The molecule has 3 unspecified atom stereocenters. The molecule has 3 aliphatic rings. The molecule has 1 aromatic rings. The maximum absolute atomic E-state index is 12.4. The van der Waals surface area contributed by atoms with Crippen molar-refractivity contribution in [1.29, 1.82) is 0 Å². The average molecular weight is 1240 g/mol. The molecule has 4 rings (SSSR count). The highest BCUT2D eigenvalue weighted by Crippen LogP contribution is 2.19. The molecule has 30 heteroatoms. The van der Waals surface area contributed by atoms with Gasteiger partial charge in [0.1, 0.15) is 0 Å². The van der Waals surface area contributed by atoms with Crippen LogP contribution in [0.4, 0.5) is 5.69 Å². The summed E-state index contributed by atoms with van der Waals surface area (Å²) in [5.41, 5.74) is 4.56. The van der Waals surface area contributed by atoms with E-state index in [1.165, 1.54) is 74.5 Å². The van der Waals surface area contributed by atoms with Crippen LogP contribution in [0.25, 0.3) is 0 Å². The van der Waals surface area contributed by atoms with Crippen LogP contribution < -0.4 is 5.32 Å². The number of hydrogen-bond donors (Lipinski definition) is 1. The van der Waals surface area contributed by atoms with E-state index in [2.05, 4.69) is 51.6 Å². The fraction of sp³-hybridized carbons (Fsp3) is 0.632. The molecule has 87 heavy (non-hydrogen) atoms. The number of carbonyl (C=O) groups is 9. The van der Waals surface area contributed by atoms with E-state index >= 15 is 0 Å². The zero-order valence-electron chi connectivity index (χ0n) is 53.0. The number of rotatable bonds is 33. The fourth-order valence-electron chi connectivity index (χ4n) is 9.41. The number of anilines is 1. The SMILES string of the molecule is C=C(C)CN(CC(=O)OC)CN1CN(CC(=O)OC)CN(CC(=O)OC)C1.C=C(C)CN1CN2CN(CC(=O)OC)CN(C1)C2.C=C(C)Nc1ccc(CC(CN(CC(=O)OC)CN(CC(=O)OC)CC(=O)OC)N(CC(=O)OC)CC(=O)OC)cc1. The van der Waals surface area contributed by atoms with Gasteiger partial charge in [0.2, 0.25) is 0 Å². The van der Waals surface area contributed by atoms with E-state index in [0.29, 0.717) is 46.2 Å². The molecule has 0 amide bonds. The summed E-state index contributed by atoms with van der Waals surface area (Å²) in [6, 6.07) is 6.96. The van der Waals surface area contributed by atoms with Crippen molar-refractivity contribution in [3.05, 3.63) is 66.4 Å². The number of esters is 9. The highest BCUT2D eigenvalue weighted by Gasteiger charge is 2.33. The summed E-state index contributed by atoms with van der Waals surface area (Å²) < 4.78 is 43.1. The highest BCUT2D eigenvalue weighted by atomic mass is 16.6. The van der Waals surface area contributed by atoms with Crippen LogP contribution in [0.5, 0.6) is 0 Å². The van der Waals surface area contributed by atoms with Crippen LogP contribution in [0, 0.1) is 0 Å². The summed E-state index contributed by atoms with van der Waals surface area (Å²) in [6.07, 6.45) is 0.340. The van der Waals surface area contributed by atoms with Gasteiger partial charge < -0.3 is 47.9 Å². The Kier molecular flexibility index (Phi) is 36.1. The first-order valence-electron chi connectivity index (χ1n) is 27.7. The molecule has 1 N–H and O–H groups in total. The van der Waals surface area contributed by atoms with Crippen LogP contribution in [0.2, 0.25) is 0 Å². The van der Waals surface area contributed by atoms with E-state index in [4.69, 9.17) is 42.6 Å². The van der Waals surface area contributed by atoms with Crippen molar-refractivity contribution in [3.63, 3.8) is 0 Å². The number of ether oxygens (including phenoxy) is 9. The third-order valence-electron chi connectivity index (χ3n) is 12.9. The third kappa shape index (κ3) is 32.0. The monoisotopic (exact) mass is 1230 g/mol. The van der Waals surface area contributed by atoms with Gasteiger partial charge in [-0.2, -0.15) is 0 Å². The minimum absolute atomic E-state index is 0.0540. The summed E-state index contributed by atoms with van der Waals surface area (Å²) in [4.78, 5) is 129. The topological polar surface area (TPSA) is 284 Å². The second kappa shape index (κ2) is 41.2. The molecule has 490 valence electrons. The second-order valence-corrected chi connectivity index (χ2v) is 21.2. The largest absolute Gasteiger partial charge is 0.468 e. The molecule has 30 nitrogen and oxygen atoms in total. The smallest absolute Gasteiger partial charge is 0.319 e. The number of benzene rings is 1. The summed E-state index contributed by atoms with van der Waals surface area (Å²) in [6.45, 7) is 24.7. The lowest BCUT2D eigenvalue weighted by Crippen LogP contribution is -2.64. The van der Waals surface area contributed by atoms with Crippen LogP contribution >= 0.6 is 0 Å². The first-order valence-corrected chi connectivity index (χ1v) is 27.7. The lowest BCUT2D eigenvalue weighted by Gasteiger charge is -2.49. The van der Waals surface area contributed by atoms with Crippen LogP contribution in [0.15, 0.2) is 60.8 Å². The zero-order chi connectivity index (χ0) is 65.2. The lowest BCUT2D eigenvalue weighted by molar-refractivity contribution is -0.152. The van der Waals surface area contributed by atoms with Crippen LogP contribution in [0.1, 0.15) is 26.3 Å². The van der Waals surface area contributed by atoms with Crippen molar-refractivity contribution in [3.8, 4) is 0 Å². The molecular formula is C57H94N12O18. The van der Waals surface area contributed by atoms with Crippen molar-refractivity contribution >= 4 is 59.4 Å². The van der Waals surface area contributed by atoms with Crippen molar-refractivity contribution in [2.45, 2.75) is 33.2 Å². The minimum Gasteiger partial charge on any atom is -0.468 e. The predicted molar refractivity (Wildman–Crippen MR) is 317 cm³/mol. The van der Waals surface area contributed by atoms with E-state index in [-0.39, 0.29) is 89.4 Å². The van der Waals surface area contributed by atoms with Gasteiger partial charge in [0.25, 0.3) is 0 Å². The van der Waals surface area contributed by atoms with Crippen LogP contribution in [0.3, 0.4) is 0 Å². The summed E-state index contributed by atoms with van der Waals surface area (Å²) in [5.74, 6) is -4.17. The molecule has 3 fully saturated rings. The second-order valence-electron chi connectivity index (χ2n) is 21.2. The van der Waals surface area contributed by atoms with Gasteiger partial charge in [-0.25, -0.2) is 0 Å². The Morgan fingerprint density at radius 3 is 1.16 bits per heavy atom. The van der Waals surface area contributed by atoms with Crippen LogP contribution in [-0.4, -0.2) is 323 Å². The molecule has 3 atom stereocenters. The van der Waals surface area contributed by atoms with Crippen molar-refractivity contribution in [2.75, 3.05) is 215 Å². The van der Waals surface area contributed by atoms with Crippen LogP contribution in [-0.2, 0) is 92.2 Å². The fourth-order valence-corrected chi connectivity index (χ4v) is 9.41. The van der Waals surface area contributed by atoms with E-state index in [1.807, 2.05) is 57.7 Å². The molecular weight excluding hydrogens is 1140 g/mol. The standard InChI is InChI=1S/C28H42N4O10.C17H30N4O6.C12H22N4O2/c1-20(2)29-22-10-8-21(9-11-22)12-23(32(17-27(36)41-6)18-28(37)42-7)13-30(14-24(33)38-3)19-31(15-25(34)39-4)16-26(35)40-5;1-14(2)6-18(7-15(22)25-3)10-21-12-19(8-16(23)26-4)11-20(13-21)9-17(24)27-5;1-11(2)4-13-6-15-8-14(5-12(17)18-3)9-16(7-13)10-15/h8-11,23,29H,1,12-19H2,2-7H3;1,6-13H2,2-5H3;1,4-10H2,2-3H3. The summed E-state index contributed by atoms with van der Waals surface area (Å²) in [5, 5.41) is 3.13. The van der Waals surface area contributed by atoms with Gasteiger partial charge in [0.15, 0.2) is 0 Å². The van der Waals surface area contributed by atoms with E-state index in [1.54, 1.807) is 9.80 Å². The minimum atomic E-state index is -0.602. The van der Waals surface area contributed by atoms with E-state index in [9.17, 15) is 43.2 Å². The molecule has 1 aromatic carbocycles. The number of nitrogens with one attached hydrogen (secondary N) is 1. The molecule has 0 saturated carbocycles. The molecule has 0 aromatic heterocycles. The predicted octanol–water partition coefficient (Wildman–Crippen LogP) is -0.837. The van der Waals surface area contributed by atoms with Gasteiger partial charge in [-0.15, -0.1) is 0 Å². The number of carbonyl (C=O) groups excluding carboxylic acids is 9. The molecule has 0 aliphatic carbocycles. The molecule has 2 bridgehead atoms. The van der Waals surface area contributed by atoms with Gasteiger partial charge in [-0.1, -0.05) is 43.0 Å². The Balaban J connectivity index is 0.000000487. The Morgan fingerprint density at radius 2 is 0.782 bits per heavy atom. The molecule has 3 aliphatic heterocycles. The molecule has 3 saturated heterocycles. The van der Waals surface area contributed by atoms with Gasteiger partial charge in [0, 0.05) is 37.1 Å². The lowest BCUT2D eigenvalue weighted by atomic mass is 10.0. The Morgan fingerprint density at radius 1 is 0.425 bits per heavy atom. The van der Waals surface area contributed by atoms with Gasteiger partial charge >= 0.3 is 53.7 Å². The Labute approximate surface area is 511 Å². The third-order valence-corrected chi connectivity index (χ3v) is 12.9. The summed E-state index contributed by atoms with van der Waals surface area (Å²) >= 11 is 0. The van der Waals surface area contributed by atoms with Gasteiger partial charge in [0.05, 0.1) is 190 Å². The Hall–Kier alpha value is -6.97. The number of allylic oxidation sites excluding steroid dienone is 1. The van der Waals surface area contributed by atoms with Gasteiger partial charge in [-0.05, 0) is 44.9 Å². The van der Waals surface area contributed by atoms with Crippen molar-refractivity contribution < 1.29 is 85.8 Å². The zero-order valence-corrected chi connectivity index (χ0v) is 53.0. The average Bonchev–Trinajstić information content (AvgIpc) is 2.19. The molecule has 3 heterocycles. The van der Waals surface area contributed by atoms with Crippen molar-refractivity contribution in [1.82, 2.24) is 53.9 Å². The first-order chi connectivity index (χ1) is 41.3. The highest BCUT2D eigenvalue weighted by molar-refractivity contribution is 5.76. The number of fused-ring (bicyclic) bond motifs is 2. The van der Waals surface area contributed by atoms with Gasteiger partial charge in [-0.3, -0.25) is 97.0 Å². The quantitative estimate of drug-likeness (QED) is 0.0389. The van der Waals surface area contributed by atoms with E-state index in [0.717, 1.165) is 62.4 Å². The maximum atomic E-state index is 12.4. The number of nitrogens with zero attached hydrogens (tertiary/aromatic N) is 11. The van der Waals surface area contributed by atoms with Crippen molar-refractivity contribution in [2.24, 2.45) is 0 Å². The molecule has 0 radical (unpaired) electrons. The normalized spacial score (nSPS) is 16.6. The maximum Gasteiger partial charge on any atom is 0.319 e. The van der Waals surface area contributed by atoms with E-state index < -0.39 is 35.9 Å². The number of hydrogen-bond acceptors (Lipinski definition) is 30.